The van der Waals surface area contributed by atoms with Gasteiger partial charge in [-0.05, 0) is 49.3 Å². The largest absolute Gasteiger partial charge is 0.368 e. The molecule has 3 heterocycles. The number of fused-ring (bicyclic) bond motifs is 3. The molecule has 1 amide bonds. The van der Waals surface area contributed by atoms with E-state index in [4.69, 9.17) is 10.7 Å². The highest BCUT2D eigenvalue weighted by Gasteiger charge is 2.28. The number of carbonyl (C=O) groups is 1. The summed E-state index contributed by atoms with van der Waals surface area (Å²) in [4.78, 5) is 36.5. The minimum absolute atomic E-state index is 0.162. The molecule has 0 aliphatic heterocycles. The Morgan fingerprint density at radius 2 is 2.15 bits per heavy atom. The number of rotatable bonds is 4. The van der Waals surface area contributed by atoms with Crippen molar-refractivity contribution in [2.75, 3.05) is 0 Å². The van der Waals surface area contributed by atoms with Gasteiger partial charge in [0.2, 0.25) is 5.91 Å². The van der Waals surface area contributed by atoms with Gasteiger partial charge in [-0.3, -0.25) is 19.1 Å². The van der Waals surface area contributed by atoms with Crippen molar-refractivity contribution in [3.63, 3.8) is 0 Å². The molecule has 6 nitrogen and oxygen atoms in total. The summed E-state index contributed by atoms with van der Waals surface area (Å²) in [5.74, 6) is 0.572. The average molecular weight is 382 g/mol. The Bertz CT molecular complexity index is 1070. The summed E-state index contributed by atoms with van der Waals surface area (Å²) in [5, 5.41) is 0.666. The van der Waals surface area contributed by atoms with E-state index in [1.807, 2.05) is 6.92 Å². The van der Waals surface area contributed by atoms with E-state index in [0.29, 0.717) is 23.5 Å². The van der Waals surface area contributed by atoms with Crippen LogP contribution in [0.4, 0.5) is 0 Å². The van der Waals surface area contributed by atoms with Gasteiger partial charge in [-0.25, -0.2) is 4.98 Å². The second kappa shape index (κ2) is 6.88. The lowest BCUT2D eigenvalue weighted by Gasteiger charge is -2.20. The van der Waals surface area contributed by atoms with Gasteiger partial charge in [0, 0.05) is 22.8 Å². The predicted octanol–water partition coefficient (Wildman–Crippen LogP) is 3.08. The average Bonchev–Trinajstić information content (AvgIpc) is 3.02. The molecule has 1 aliphatic rings. The molecule has 3 aromatic heterocycles. The zero-order valence-corrected chi connectivity index (χ0v) is 16.3. The Hall–Kier alpha value is -2.54. The summed E-state index contributed by atoms with van der Waals surface area (Å²) in [7, 11) is 0. The molecule has 27 heavy (non-hydrogen) atoms. The van der Waals surface area contributed by atoms with E-state index in [1.54, 1.807) is 35.9 Å². The molecule has 4 rings (SSSR count). The zero-order chi connectivity index (χ0) is 19.1. The van der Waals surface area contributed by atoms with Gasteiger partial charge in [-0.15, -0.1) is 11.3 Å². The molecule has 2 unspecified atom stereocenters. The van der Waals surface area contributed by atoms with Crippen LogP contribution in [0.25, 0.3) is 21.6 Å². The molecule has 0 saturated carbocycles. The molecule has 1 aliphatic carbocycles. The van der Waals surface area contributed by atoms with Gasteiger partial charge in [0.1, 0.15) is 16.7 Å². The maximum absolute atomic E-state index is 13.5. The molecule has 0 fully saturated rings. The van der Waals surface area contributed by atoms with E-state index in [0.717, 1.165) is 35.2 Å². The number of thiophene rings is 1. The first-order valence-electron chi connectivity index (χ1n) is 9.27. The van der Waals surface area contributed by atoms with E-state index in [9.17, 15) is 9.59 Å². The van der Waals surface area contributed by atoms with E-state index >= 15 is 0 Å². The number of hydrogen-bond acceptors (Lipinski definition) is 5. The molecule has 0 aromatic carbocycles. The molecule has 2 N–H and O–H groups in total. The number of nitrogens with two attached hydrogens (primary N) is 1. The van der Waals surface area contributed by atoms with E-state index < -0.39 is 11.9 Å². The van der Waals surface area contributed by atoms with Crippen molar-refractivity contribution in [3.05, 3.63) is 45.3 Å². The monoisotopic (exact) mass is 382 g/mol. The third-order valence-electron chi connectivity index (χ3n) is 5.33. The fourth-order valence-electron chi connectivity index (χ4n) is 3.91. The van der Waals surface area contributed by atoms with E-state index in [2.05, 4.69) is 11.9 Å². The quantitative estimate of drug-likeness (QED) is 0.751. The van der Waals surface area contributed by atoms with Gasteiger partial charge >= 0.3 is 0 Å². The van der Waals surface area contributed by atoms with Crippen LogP contribution in [0.15, 0.2) is 29.3 Å². The third kappa shape index (κ3) is 2.96. The Morgan fingerprint density at radius 3 is 2.81 bits per heavy atom. The summed E-state index contributed by atoms with van der Waals surface area (Å²) in [6, 6.07) is 2.87. The molecule has 7 heteroatoms. The Kier molecular flexibility index (Phi) is 4.55. The zero-order valence-electron chi connectivity index (χ0n) is 15.4. The van der Waals surface area contributed by atoms with E-state index in [-0.39, 0.29) is 5.56 Å². The number of aromatic nitrogens is 3. The lowest BCUT2D eigenvalue weighted by atomic mass is 9.89. The second-order valence-electron chi connectivity index (χ2n) is 7.20. The maximum atomic E-state index is 13.5. The molecule has 0 spiro atoms. The van der Waals surface area contributed by atoms with Crippen molar-refractivity contribution in [1.29, 1.82) is 0 Å². The number of pyridine rings is 1. The van der Waals surface area contributed by atoms with Gasteiger partial charge in [0.05, 0.1) is 5.39 Å². The van der Waals surface area contributed by atoms with Gasteiger partial charge in [-0.2, -0.15) is 0 Å². The standard InChI is InChI=1S/C20H22N4O2S/c1-3-14(17(21)25)24-18(12-6-8-22-9-7-12)23-19-16(20(24)26)13-5-4-11(2)10-15(13)27-19/h6-9,11,14H,3-5,10H2,1-2H3,(H2,21,25). The van der Waals surface area contributed by atoms with Crippen LogP contribution in [-0.2, 0) is 17.6 Å². The second-order valence-corrected chi connectivity index (χ2v) is 8.29. The smallest absolute Gasteiger partial charge is 0.263 e. The molecule has 140 valence electrons. The van der Waals surface area contributed by atoms with Crippen LogP contribution >= 0.6 is 11.3 Å². The Balaban J connectivity index is 2.06. The Morgan fingerprint density at radius 1 is 1.41 bits per heavy atom. The molecular formula is C20H22N4O2S. The first-order chi connectivity index (χ1) is 13.0. The Labute approximate surface area is 161 Å². The van der Waals surface area contributed by atoms with Crippen LogP contribution in [0.3, 0.4) is 0 Å². The van der Waals surface area contributed by atoms with Crippen molar-refractivity contribution >= 4 is 27.5 Å². The lowest BCUT2D eigenvalue weighted by molar-refractivity contribution is -0.121. The molecule has 3 aromatic rings. The normalized spacial score (nSPS) is 17.6. The third-order valence-corrected chi connectivity index (χ3v) is 6.47. The number of nitrogens with zero attached hydrogens (tertiary/aromatic N) is 3. The van der Waals surface area contributed by atoms with Crippen LogP contribution in [0.1, 0.15) is 43.2 Å². The molecule has 2 atom stereocenters. The van der Waals surface area contributed by atoms with Gasteiger partial charge in [-0.1, -0.05) is 13.8 Å². The molecule has 0 saturated heterocycles. The number of carbonyl (C=O) groups excluding carboxylic acids is 1. The van der Waals surface area contributed by atoms with Crippen molar-refractivity contribution in [2.24, 2.45) is 11.7 Å². The molecule has 0 radical (unpaired) electrons. The highest BCUT2D eigenvalue weighted by Crippen LogP contribution is 2.37. The first kappa shape index (κ1) is 17.9. The number of hydrogen-bond donors (Lipinski definition) is 1. The maximum Gasteiger partial charge on any atom is 0.263 e. The highest BCUT2D eigenvalue weighted by atomic mass is 32.1. The fourth-order valence-corrected chi connectivity index (χ4v) is 5.28. The summed E-state index contributed by atoms with van der Waals surface area (Å²) in [6.07, 6.45) is 6.68. The predicted molar refractivity (Wildman–Crippen MR) is 107 cm³/mol. The molecular weight excluding hydrogens is 360 g/mol. The molecule has 0 bridgehead atoms. The van der Waals surface area contributed by atoms with Crippen LogP contribution < -0.4 is 11.3 Å². The minimum atomic E-state index is -0.726. The lowest BCUT2D eigenvalue weighted by Crippen LogP contribution is -2.35. The van der Waals surface area contributed by atoms with Crippen molar-refractivity contribution in [2.45, 2.75) is 45.6 Å². The van der Waals surface area contributed by atoms with E-state index in [1.165, 1.54) is 9.44 Å². The SMILES string of the molecule is CCC(C(N)=O)n1c(-c2ccncc2)nc2sc3c(c2c1=O)CCC(C)C3. The topological polar surface area (TPSA) is 90.9 Å². The van der Waals surface area contributed by atoms with Crippen LogP contribution in [-0.4, -0.2) is 20.4 Å². The summed E-state index contributed by atoms with van der Waals surface area (Å²) in [5.41, 5.74) is 7.34. The number of aryl methyl sites for hydroxylation is 1. The fraction of sp³-hybridized carbons (Fsp3) is 0.400. The van der Waals surface area contributed by atoms with Crippen molar-refractivity contribution < 1.29 is 4.79 Å². The van der Waals surface area contributed by atoms with Gasteiger partial charge in [0.15, 0.2) is 0 Å². The summed E-state index contributed by atoms with van der Waals surface area (Å²) in [6.45, 7) is 4.09. The minimum Gasteiger partial charge on any atom is -0.368 e. The number of amides is 1. The number of primary amides is 1. The van der Waals surface area contributed by atoms with Gasteiger partial charge < -0.3 is 5.73 Å². The summed E-state index contributed by atoms with van der Waals surface area (Å²) >= 11 is 1.61. The van der Waals surface area contributed by atoms with Crippen LogP contribution in [0.2, 0.25) is 0 Å². The highest BCUT2D eigenvalue weighted by molar-refractivity contribution is 7.18. The van der Waals surface area contributed by atoms with Gasteiger partial charge in [0.25, 0.3) is 5.56 Å². The van der Waals surface area contributed by atoms with Crippen LogP contribution in [0.5, 0.6) is 0 Å². The van der Waals surface area contributed by atoms with Crippen LogP contribution in [0, 0.1) is 5.92 Å². The summed E-state index contributed by atoms with van der Waals surface area (Å²) < 4.78 is 1.49. The van der Waals surface area contributed by atoms with Crippen molar-refractivity contribution in [1.82, 2.24) is 14.5 Å². The first-order valence-corrected chi connectivity index (χ1v) is 10.1. The van der Waals surface area contributed by atoms with Crippen molar-refractivity contribution in [3.8, 4) is 11.4 Å².